The quantitative estimate of drug-likeness (QED) is 0.320. The Hall–Kier alpha value is -2.24. The standard InChI is InChI=1S/C17H25NO5/c1-3-4-5-6-7-8-11-22-17(20)23-15-10-9-13(18)12-14(15)16(19)21-2/h9-10,12H,3-8,11,18H2,1-2H3. The van der Waals surface area contributed by atoms with E-state index >= 15 is 0 Å². The average Bonchev–Trinajstić information content (AvgIpc) is 2.55. The van der Waals surface area contributed by atoms with Gasteiger partial charge in [0.05, 0.1) is 13.7 Å². The Labute approximate surface area is 136 Å². The fraction of sp³-hybridized carbons (Fsp3) is 0.529. The molecule has 0 aliphatic carbocycles. The Bertz CT molecular complexity index is 516. The van der Waals surface area contributed by atoms with Crippen LogP contribution in [-0.2, 0) is 9.47 Å². The van der Waals surface area contributed by atoms with E-state index in [2.05, 4.69) is 11.7 Å². The molecule has 0 amide bonds. The highest BCUT2D eigenvalue weighted by atomic mass is 16.7. The van der Waals surface area contributed by atoms with Crippen LogP contribution in [0, 0.1) is 0 Å². The Morgan fingerprint density at radius 3 is 2.48 bits per heavy atom. The molecule has 0 heterocycles. The Morgan fingerprint density at radius 1 is 1.09 bits per heavy atom. The molecule has 0 fully saturated rings. The van der Waals surface area contributed by atoms with Crippen molar-refractivity contribution < 1.29 is 23.8 Å². The molecule has 0 unspecified atom stereocenters. The van der Waals surface area contributed by atoms with Crippen LogP contribution in [0.25, 0.3) is 0 Å². The molecule has 0 saturated carbocycles. The molecule has 0 radical (unpaired) electrons. The summed E-state index contributed by atoms with van der Waals surface area (Å²) in [5, 5.41) is 0. The van der Waals surface area contributed by atoms with Crippen molar-refractivity contribution in [1.29, 1.82) is 0 Å². The molecule has 6 nitrogen and oxygen atoms in total. The number of hydrogen-bond donors (Lipinski definition) is 1. The van der Waals surface area contributed by atoms with E-state index in [4.69, 9.17) is 15.2 Å². The number of unbranched alkanes of at least 4 members (excludes halogenated alkanes) is 5. The van der Waals surface area contributed by atoms with E-state index in [-0.39, 0.29) is 11.3 Å². The molecule has 1 aromatic rings. The molecule has 0 bridgehead atoms. The average molecular weight is 323 g/mol. The van der Waals surface area contributed by atoms with Crippen LogP contribution in [0.2, 0.25) is 0 Å². The Morgan fingerprint density at radius 2 is 1.78 bits per heavy atom. The fourth-order valence-corrected chi connectivity index (χ4v) is 2.06. The van der Waals surface area contributed by atoms with E-state index in [1.165, 1.54) is 44.6 Å². The SMILES string of the molecule is CCCCCCCCOC(=O)Oc1ccc(N)cc1C(=O)OC. The molecule has 0 atom stereocenters. The third kappa shape index (κ3) is 7.04. The summed E-state index contributed by atoms with van der Waals surface area (Å²) in [6.07, 6.45) is 5.75. The molecule has 0 spiro atoms. The van der Waals surface area contributed by atoms with E-state index in [0.29, 0.717) is 12.3 Å². The zero-order valence-corrected chi connectivity index (χ0v) is 13.8. The van der Waals surface area contributed by atoms with E-state index in [1.54, 1.807) is 0 Å². The second-order valence-electron chi connectivity index (χ2n) is 5.22. The number of anilines is 1. The van der Waals surface area contributed by atoms with Gasteiger partial charge in [-0.25, -0.2) is 9.59 Å². The van der Waals surface area contributed by atoms with Gasteiger partial charge in [-0.1, -0.05) is 39.0 Å². The first-order chi connectivity index (χ1) is 11.1. The van der Waals surface area contributed by atoms with Crippen molar-refractivity contribution in [2.75, 3.05) is 19.5 Å². The predicted molar refractivity (Wildman–Crippen MR) is 87.5 cm³/mol. The lowest BCUT2D eigenvalue weighted by molar-refractivity contribution is 0.0594. The van der Waals surface area contributed by atoms with E-state index in [9.17, 15) is 9.59 Å². The molecule has 2 N–H and O–H groups in total. The highest BCUT2D eigenvalue weighted by molar-refractivity contribution is 5.94. The second-order valence-corrected chi connectivity index (χ2v) is 5.22. The number of ether oxygens (including phenoxy) is 3. The minimum absolute atomic E-state index is 0.0685. The maximum Gasteiger partial charge on any atom is 0.513 e. The lowest BCUT2D eigenvalue weighted by Crippen LogP contribution is -2.14. The van der Waals surface area contributed by atoms with Crippen molar-refractivity contribution in [3.63, 3.8) is 0 Å². The van der Waals surface area contributed by atoms with Crippen LogP contribution in [0.3, 0.4) is 0 Å². The first-order valence-corrected chi connectivity index (χ1v) is 7.91. The van der Waals surface area contributed by atoms with Crippen LogP contribution in [0.5, 0.6) is 5.75 Å². The van der Waals surface area contributed by atoms with Gasteiger partial charge in [-0.15, -0.1) is 0 Å². The molecule has 0 aliphatic heterocycles. The van der Waals surface area contributed by atoms with Crippen molar-refractivity contribution >= 4 is 17.8 Å². The minimum Gasteiger partial charge on any atom is -0.465 e. The van der Waals surface area contributed by atoms with E-state index in [0.717, 1.165) is 19.3 Å². The molecule has 128 valence electrons. The number of rotatable bonds is 9. The minimum atomic E-state index is -0.839. The summed E-state index contributed by atoms with van der Waals surface area (Å²) in [6, 6.07) is 4.36. The van der Waals surface area contributed by atoms with Gasteiger partial charge in [0.1, 0.15) is 11.3 Å². The lowest BCUT2D eigenvalue weighted by Gasteiger charge is -2.10. The van der Waals surface area contributed by atoms with Crippen molar-refractivity contribution in [1.82, 2.24) is 0 Å². The van der Waals surface area contributed by atoms with Gasteiger partial charge in [0.25, 0.3) is 0 Å². The third-order valence-corrected chi connectivity index (χ3v) is 3.32. The number of carbonyl (C=O) groups excluding carboxylic acids is 2. The molecular formula is C17H25NO5. The molecule has 1 aromatic carbocycles. The van der Waals surface area contributed by atoms with Gasteiger partial charge < -0.3 is 19.9 Å². The monoisotopic (exact) mass is 323 g/mol. The third-order valence-electron chi connectivity index (χ3n) is 3.32. The number of esters is 1. The summed E-state index contributed by atoms with van der Waals surface area (Å²) in [6.45, 7) is 2.46. The first kappa shape index (κ1) is 18.8. The van der Waals surface area contributed by atoms with Crippen LogP contribution < -0.4 is 10.5 Å². The van der Waals surface area contributed by atoms with Crippen molar-refractivity contribution in [2.24, 2.45) is 0 Å². The molecule has 0 aromatic heterocycles. The van der Waals surface area contributed by atoms with Crippen LogP contribution >= 0.6 is 0 Å². The lowest BCUT2D eigenvalue weighted by atomic mass is 10.1. The van der Waals surface area contributed by atoms with Gasteiger partial charge in [0, 0.05) is 5.69 Å². The number of methoxy groups -OCH3 is 1. The Balaban J connectivity index is 2.41. The van der Waals surface area contributed by atoms with Crippen molar-refractivity contribution in [3.05, 3.63) is 23.8 Å². The van der Waals surface area contributed by atoms with Gasteiger partial charge in [0.15, 0.2) is 0 Å². The summed E-state index contributed by atoms with van der Waals surface area (Å²) in [7, 11) is 1.24. The summed E-state index contributed by atoms with van der Waals surface area (Å²) in [5.41, 5.74) is 6.08. The molecule has 0 aliphatic rings. The fourth-order valence-electron chi connectivity index (χ4n) is 2.06. The van der Waals surface area contributed by atoms with Gasteiger partial charge in [-0.3, -0.25) is 0 Å². The van der Waals surface area contributed by atoms with Crippen LogP contribution in [0.4, 0.5) is 10.5 Å². The summed E-state index contributed by atoms with van der Waals surface area (Å²) in [4.78, 5) is 23.3. The van der Waals surface area contributed by atoms with Crippen molar-refractivity contribution in [3.8, 4) is 5.75 Å². The van der Waals surface area contributed by atoms with E-state index in [1.807, 2.05) is 0 Å². The Kier molecular flexibility index (Phi) is 8.57. The molecule has 23 heavy (non-hydrogen) atoms. The van der Waals surface area contributed by atoms with Crippen LogP contribution in [0.1, 0.15) is 55.8 Å². The highest BCUT2D eigenvalue weighted by Gasteiger charge is 2.17. The van der Waals surface area contributed by atoms with Gasteiger partial charge in [-0.05, 0) is 24.6 Å². The van der Waals surface area contributed by atoms with Crippen LogP contribution in [0.15, 0.2) is 18.2 Å². The van der Waals surface area contributed by atoms with Crippen molar-refractivity contribution in [2.45, 2.75) is 45.4 Å². The highest BCUT2D eigenvalue weighted by Crippen LogP contribution is 2.22. The summed E-state index contributed by atoms with van der Waals surface area (Å²) in [5.74, 6) is -0.560. The largest absolute Gasteiger partial charge is 0.513 e. The topological polar surface area (TPSA) is 87.9 Å². The second kappa shape index (κ2) is 10.5. The maximum absolute atomic E-state index is 11.7. The van der Waals surface area contributed by atoms with Crippen LogP contribution in [-0.4, -0.2) is 25.8 Å². The molecule has 0 saturated heterocycles. The predicted octanol–water partition coefficient (Wildman–Crippen LogP) is 3.93. The first-order valence-electron chi connectivity index (χ1n) is 7.91. The van der Waals surface area contributed by atoms with Gasteiger partial charge >= 0.3 is 12.1 Å². The number of benzene rings is 1. The smallest absolute Gasteiger partial charge is 0.465 e. The number of hydrogen-bond acceptors (Lipinski definition) is 6. The molecular weight excluding hydrogens is 298 g/mol. The van der Waals surface area contributed by atoms with E-state index < -0.39 is 12.1 Å². The zero-order valence-electron chi connectivity index (χ0n) is 13.8. The molecule has 1 rings (SSSR count). The van der Waals surface area contributed by atoms with Gasteiger partial charge in [0.2, 0.25) is 0 Å². The summed E-state index contributed by atoms with van der Waals surface area (Å²) < 4.78 is 14.7. The normalized spacial score (nSPS) is 10.2. The maximum atomic E-state index is 11.7. The number of nitrogen functional groups attached to an aromatic ring is 1. The van der Waals surface area contributed by atoms with Gasteiger partial charge in [-0.2, -0.15) is 0 Å². The molecule has 6 heteroatoms. The number of nitrogens with two attached hydrogens (primary N) is 1. The summed E-state index contributed by atoms with van der Waals surface area (Å²) >= 11 is 0. The number of carbonyl (C=O) groups is 2. The zero-order chi connectivity index (χ0) is 17.1.